The minimum absolute atomic E-state index is 0.0801. The van der Waals surface area contributed by atoms with E-state index < -0.39 is 5.91 Å². The average Bonchev–Trinajstić information content (AvgIpc) is 2.91. The fourth-order valence-electron chi connectivity index (χ4n) is 3.47. The van der Waals surface area contributed by atoms with Crippen LogP contribution in [0.5, 0.6) is 5.75 Å². The Hall–Kier alpha value is -4.56. The number of hydrogen-bond donors (Lipinski definition) is 3. The molecule has 8 heteroatoms. The molecule has 0 radical (unpaired) electrons. The van der Waals surface area contributed by atoms with E-state index in [1.807, 2.05) is 30.3 Å². The first-order chi connectivity index (χ1) is 18.0. The molecule has 0 aliphatic heterocycles. The van der Waals surface area contributed by atoms with Gasteiger partial charge in [0.05, 0.1) is 6.61 Å². The molecule has 37 heavy (non-hydrogen) atoms. The summed E-state index contributed by atoms with van der Waals surface area (Å²) < 4.78 is 18.9. The van der Waals surface area contributed by atoms with Crippen LogP contribution in [0, 0.1) is 5.82 Å². The lowest BCUT2D eigenvalue weighted by Crippen LogP contribution is -2.34. The van der Waals surface area contributed by atoms with Gasteiger partial charge in [-0.1, -0.05) is 42.5 Å². The maximum Gasteiger partial charge on any atom is 0.257 e. The fraction of sp³-hybridized carbons (Fsp3) is 0.0690. The molecule has 0 aliphatic rings. The molecular formula is C29H24FN3O3S. The van der Waals surface area contributed by atoms with Crippen LogP contribution in [0.2, 0.25) is 0 Å². The molecule has 4 aromatic rings. The number of amides is 2. The summed E-state index contributed by atoms with van der Waals surface area (Å²) in [6.45, 7) is 0.486. The lowest BCUT2D eigenvalue weighted by molar-refractivity contribution is 0.0975. The monoisotopic (exact) mass is 513 g/mol. The molecule has 0 aromatic heterocycles. The molecule has 0 heterocycles. The van der Waals surface area contributed by atoms with Gasteiger partial charge in [-0.3, -0.25) is 14.9 Å². The fourth-order valence-corrected chi connectivity index (χ4v) is 3.68. The third kappa shape index (κ3) is 7.71. The van der Waals surface area contributed by atoms with Crippen molar-refractivity contribution in [2.45, 2.75) is 6.42 Å². The summed E-state index contributed by atoms with van der Waals surface area (Å²) in [6, 6.07) is 29.0. The summed E-state index contributed by atoms with van der Waals surface area (Å²) in [5, 5.41) is 8.33. The number of thiocarbonyl (C=S) groups is 1. The molecule has 0 saturated heterocycles. The number of anilines is 2. The highest BCUT2D eigenvalue weighted by Gasteiger charge is 2.11. The van der Waals surface area contributed by atoms with E-state index in [0.29, 0.717) is 34.9 Å². The van der Waals surface area contributed by atoms with Crippen molar-refractivity contribution in [3.05, 3.63) is 126 Å². The van der Waals surface area contributed by atoms with E-state index in [4.69, 9.17) is 17.0 Å². The lowest BCUT2D eigenvalue weighted by Gasteiger charge is -2.12. The van der Waals surface area contributed by atoms with Crippen molar-refractivity contribution in [2.24, 2.45) is 0 Å². The SMILES string of the molecule is O=C(NC(=S)Nc1cccc(C(=O)Nc2ccc(F)cc2)c1)c1cccc(OCCc2ccccc2)c1. The first kappa shape index (κ1) is 25.5. The molecule has 0 spiro atoms. The van der Waals surface area contributed by atoms with E-state index in [2.05, 4.69) is 16.0 Å². The third-order valence-corrected chi connectivity index (χ3v) is 5.51. The number of nitrogens with one attached hydrogen (secondary N) is 3. The molecule has 186 valence electrons. The zero-order valence-corrected chi connectivity index (χ0v) is 20.6. The zero-order chi connectivity index (χ0) is 26.0. The number of rotatable bonds is 8. The number of carbonyl (C=O) groups excluding carboxylic acids is 2. The van der Waals surface area contributed by atoms with Crippen molar-refractivity contribution >= 4 is 40.5 Å². The van der Waals surface area contributed by atoms with Crippen LogP contribution in [0.25, 0.3) is 0 Å². The van der Waals surface area contributed by atoms with E-state index in [9.17, 15) is 14.0 Å². The average molecular weight is 514 g/mol. The van der Waals surface area contributed by atoms with E-state index in [1.54, 1.807) is 48.5 Å². The van der Waals surface area contributed by atoms with Crippen molar-refractivity contribution in [1.82, 2.24) is 5.32 Å². The summed E-state index contributed by atoms with van der Waals surface area (Å²) in [6.07, 6.45) is 0.756. The van der Waals surface area contributed by atoms with Gasteiger partial charge in [0.2, 0.25) is 0 Å². The topological polar surface area (TPSA) is 79.5 Å². The van der Waals surface area contributed by atoms with Crippen molar-refractivity contribution in [1.29, 1.82) is 0 Å². The van der Waals surface area contributed by atoms with Gasteiger partial charge in [-0.25, -0.2) is 4.39 Å². The van der Waals surface area contributed by atoms with Gasteiger partial charge in [-0.2, -0.15) is 0 Å². The molecular weight excluding hydrogens is 489 g/mol. The van der Waals surface area contributed by atoms with Crippen LogP contribution in [0.4, 0.5) is 15.8 Å². The van der Waals surface area contributed by atoms with Crippen molar-refractivity contribution in [2.75, 3.05) is 17.2 Å². The predicted molar refractivity (Wildman–Crippen MR) is 147 cm³/mol. The molecule has 2 amide bonds. The van der Waals surface area contributed by atoms with Gasteiger partial charge in [0.15, 0.2) is 5.11 Å². The highest BCUT2D eigenvalue weighted by molar-refractivity contribution is 7.80. The number of halogens is 1. The summed E-state index contributed by atoms with van der Waals surface area (Å²) >= 11 is 5.28. The van der Waals surface area contributed by atoms with Crippen LogP contribution in [0.3, 0.4) is 0 Å². The largest absolute Gasteiger partial charge is 0.493 e. The summed E-state index contributed by atoms with van der Waals surface area (Å²) in [5.41, 5.74) is 2.93. The first-order valence-corrected chi connectivity index (χ1v) is 11.9. The molecule has 6 nitrogen and oxygen atoms in total. The minimum Gasteiger partial charge on any atom is -0.493 e. The highest BCUT2D eigenvalue weighted by Crippen LogP contribution is 2.16. The van der Waals surface area contributed by atoms with Crippen LogP contribution >= 0.6 is 12.2 Å². The molecule has 3 N–H and O–H groups in total. The van der Waals surface area contributed by atoms with Crippen molar-refractivity contribution < 1.29 is 18.7 Å². The van der Waals surface area contributed by atoms with Gasteiger partial charge in [0.1, 0.15) is 11.6 Å². The third-order valence-electron chi connectivity index (χ3n) is 5.31. The number of carbonyl (C=O) groups is 2. The van der Waals surface area contributed by atoms with Crippen LogP contribution in [0.1, 0.15) is 26.3 Å². The smallest absolute Gasteiger partial charge is 0.257 e. The number of hydrogen-bond acceptors (Lipinski definition) is 4. The van der Waals surface area contributed by atoms with E-state index in [0.717, 1.165) is 6.42 Å². The normalized spacial score (nSPS) is 10.3. The van der Waals surface area contributed by atoms with Crippen molar-refractivity contribution in [3.8, 4) is 5.75 Å². The molecule has 4 rings (SSSR count). The molecule has 0 aliphatic carbocycles. The molecule has 0 atom stereocenters. The van der Waals surface area contributed by atoms with Gasteiger partial charge in [0.25, 0.3) is 11.8 Å². The molecule has 0 bridgehead atoms. The molecule has 4 aromatic carbocycles. The van der Waals surface area contributed by atoms with Crippen LogP contribution < -0.4 is 20.7 Å². The minimum atomic E-state index is -0.392. The maximum absolute atomic E-state index is 13.1. The first-order valence-electron chi connectivity index (χ1n) is 11.5. The Morgan fingerprint density at radius 2 is 1.43 bits per heavy atom. The predicted octanol–water partition coefficient (Wildman–Crippen LogP) is 5.83. The second kappa shape index (κ2) is 12.4. The van der Waals surface area contributed by atoms with Gasteiger partial charge in [0, 0.05) is 28.9 Å². The second-order valence-corrected chi connectivity index (χ2v) is 8.47. The van der Waals surface area contributed by atoms with E-state index in [1.165, 1.54) is 29.8 Å². The van der Waals surface area contributed by atoms with E-state index >= 15 is 0 Å². The summed E-state index contributed by atoms with van der Waals surface area (Å²) in [5.74, 6) is -0.560. The summed E-state index contributed by atoms with van der Waals surface area (Å²) in [4.78, 5) is 25.3. The Balaban J connectivity index is 1.30. The Morgan fingerprint density at radius 3 is 2.19 bits per heavy atom. The number of benzene rings is 4. The quantitative estimate of drug-likeness (QED) is 0.259. The lowest BCUT2D eigenvalue weighted by atomic mass is 10.1. The van der Waals surface area contributed by atoms with Crippen molar-refractivity contribution in [3.63, 3.8) is 0 Å². The zero-order valence-electron chi connectivity index (χ0n) is 19.7. The number of ether oxygens (including phenoxy) is 1. The standard InChI is InChI=1S/C29H24FN3O3S/c30-23-12-14-24(15-13-23)31-27(34)21-8-4-10-25(18-21)32-29(37)33-28(35)22-9-5-11-26(19-22)36-17-16-20-6-2-1-3-7-20/h1-15,18-19H,16-17H2,(H,31,34)(H2,32,33,35,37). The van der Waals surface area contributed by atoms with Gasteiger partial charge < -0.3 is 15.4 Å². The molecule has 0 unspecified atom stereocenters. The van der Waals surface area contributed by atoms with Gasteiger partial charge >= 0.3 is 0 Å². The maximum atomic E-state index is 13.1. The Kier molecular flexibility index (Phi) is 8.57. The van der Waals surface area contributed by atoms with Crippen LogP contribution in [-0.4, -0.2) is 23.5 Å². The van der Waals surface area contributed by atoms with Gasteiger partial charge in [-0.05, 0) is 78.4 Å². The highest BCUT2D eigenvalue weighted by atomic mass is 32.1. The van der Waals surface area contributed by atoms with E-state index in [-0.39, 0.29) is 16.8 Å². The Bertz CT molecular complexity index is 1400. The summed E-state index contributed by atoms with van der Waals surface area (Å²) in [7, 11) is 0. The second-order valence-electron chi connectivity index (χ2n) is 8.06. The van der Waals surface area contributed by atoms with Crippen LogP contribution in [-0.2, 0) is 6.42 Å². The molecule has 0 fully saturated rings. The van der Waals surface area contributed by atoms with Crippen LogP contribution in [0.15, 0.2) is 103 Å². The molecule has 0 saturated carbocycles. The Morgan fingerprint density at radius 1 is 0.730 bits per heavy atom. The van der Waals surface area contributed by atoms with Gasteiger partial charge in [-0.15, -0.1) is 0 Å². The Labute approximate surface area is 219 Å².